The summed E-state index contributed by atoms with van der Waals surface area (Å²) in [6.07, 6.45) is 2.13. The second kappa shape index (κ2) is 8.68. The van der Waals surface area contributed by atoms with Crippen LogP contribution in [0.25, 0.3) is 0 Å². The number of hydrogen-bond donors (Lipinski definition) is 0. The number of benzene rings is 1. The Kier molecular flexibility index (Phi) is 6.25. The van der Waals surface area contributed by atoms with E-state index in [2.05, 4.69) is 0 Å². The third kappa shape index (κ3) is 4.13. The number of aryl methyl sites for hydroxylation is 1. The van der Waals surface area contributed by atoms with E-state index in [4.69, 9.17) is 4.74 Å². The number of Topliss-reactive ketones (excluding diaryl/α,β-unsaturated/α-hetero) is 1. The Labute approximate surface area is 167 Å². The van der Waals surface area contributed by atoms with E-state index in [1.54, 1.807) is 11.5 Å². The zero-order valence-electron chi connectivity index (χ0n) is 16.5. The van der Waals surface area contributed by atoms with E-state index >= 15 is 0 Å². The number of rotatable bonds is 7. The van der Waals surface area contributed by atoms with Crippen molar-refractivity contribution in [3.8, 4) is 0 Å². The normalized spacial score (nSPS) is 12.7. The van der Waals surface area contributed by atoms with E-state index in [1.165, 1.54) is 19.1 Å². The number of fused-ring (bicyclic) bond motifs is 1. The van der Waals surface area contributed by atoms with Gasteiger partial charge in [-0.1, -0.05) is 12.1 Å². The first-order valence-electron chi connectivity index (χ1n) is 9.72. The third-order valence-electron chi connectivity index (χ3n) is 5.24. The van der Waals surface area contributed by atoms with Gasteiger partial charge in [-0.3, -0.25) is 14.4 Å². The van der Waals surface area contributed by atoms with E-state index < -0.39 is 23.4 Å². The number of carbonyl (C=O) groups excluding carboxylic acids is 2. The van der Waals surface area contributed by atoms with Crippen LogP contribution >= 0.6 is 0 Å². The molecule has 0 N–H and O–H groups in total. The molecule has 5 nitrogen and oxygen atoms in total. The summed E-state index contributed by atoms with van der Waals surface area (Å²) in [6.45, 7) is 3.09. The van der Waals surface area contributed by atoms with Crippen LogP contribution < -0.4 is 5.43 Å². The molecule has 1 aromatic carbocycles. The molecule has 2 aromatic rings. The van der Waals surface area contributed by atoms with E-state index in [0.29, 0.717) is 24.1 Å². The number of ether oxygens (including phenoxy) is 1. The average Bonchev–Trinajstić information content (AvgIpc) is 3.15. The van der Waals surface area contributed by atoms with Crippen LogP contribution in [0.3, 0.4) is 0 Å². The molecule has 7 heteroatoms. The second-order valence-corrected chi connectivity index (χ2v) is 7.09. The van der Waals surface area contributed by atoms with Crippen molar-refractivity contribution in [1.82, 2.24) is 4.57 Å². The number of pyridine rings is 1. The number of halogens is 2. The van der Waals surface area contributed by atoms with Crippen LogP contribution in [0.2, 0.25) is 0 Å². The molecule has 0 radical (unpaired) electrons. The van der Waals surface area contributed by atoms with Crippen LogP contribution in [0.15, 0.2) is 23.0 Å². The number of ketones is 1. The van der Waals surface area contributed by atoms with Gasteiger partial charge in [0.25, 0.3) is 0 Å². The number of carbonyl (C=O) groups is 2. The first-order chi connectivity index (χ1) is 13.8. The highest BCUT2D eigenvalue weighted by Crippen LogP contribution is 2.25. The van der Waals surface area contributed by atoms with Gasteiger partial charge >= 0.3 is 5.97 Å². The van der Waals surface area contributed by atoms with Gasteiger partial charge in [0, 0.05) is 17.0 Å². The fourth-order valence-corrected chi connectivity index (χ4v) is 3.99. The minimum Gasteiger partial charge on any atom is -0.465 e. The molecule has 0 amide bonds. The summed E-state index contributed by atoms with van der Waals surface area (Å²) in [6, 6.07) is 3.91. The molecule has 0 spiro atoms. The number of nitrogens with zero attached hydrogens (tertiary/aromatic N) is 1. The van der Waals surface area contributed by atoms with Gasteiger partial charge in [-0.25, -0.2) is 8.78 Å². The van der Waals surface area contributed by atoms with Gasteiger partial charge in [0.2, 0.25) is 0 Å². The van der Waals surface area contributed by atoms with Crippen LogP contribution in [0.4, 0.5) is 8.78 Å². The van der Waals surface area contributed by atoms with Crippen LogP contribution in [0, 0.1) is 11.6 Å². The molecule has 0 unspecified atom stereocenters. The lowest BCUT2D eigenvalue weighted by Gasteiger charge is -2.21. The van der Waals surface area contributed by atoms with Gasteiger partial charge < -0.3 is 9.30 Å². The first kappa shape index (κ1) is 20.9. The summed E-state index contributed by atoms with van der Waals surface area (Å²) >= 11 is 0. The van der Waals surface area contributed by atoms with Crippen molar-refractivity contribution in [2.45, 2.75) is 52.5 Å². The lowest BCUT2D eigenvalue weighted by molar-refractivity contribution is -0.143. The van der Waals surface area contributed by atoms with E-state index in [1.807, 2.05) is 0 Å². The highest BCUT2D eigenvalue weighted by atomic mass is 19.2. The number of aromatic nitrogens is 1. The second-order valence-electron chi connectivity index (χ2n) is 7.09. The molecule has 0 fully saturated rings. The first-order valence-corrected chi connectivity index (χ1v) is 9.72. The Morgan fingerprint density at radius 3 is 2.62 bits per heavy atom. The smallest absolute Gasteiger partial charge is 0.325 e. The van der Waals surface area contributed by atoms with Crippen molar-refractivity contribution in [3.05, 3.63) is 68.1 Å². The summed E-state index contributed by atoms with van der Waals surface area (Å²) in [5.41, 5.74) is 1.50. The molecule has 0 bridgehead atoms. The van der Waals surface area contributed by atoms with Gasteiger partial charge in [0.15, 0.2) is 22.8 Å². The fraction of sp³-hybridized carbons (Fsp3) is 0.409. The maximum atomic E-state index is 14.1. The zero-order valence-corrected chi connectivity index (χ0v) is 16.5. The van der Waals surface area contributed by atoms with Gasteiger partial charge in [0.1, 0.15) is 6.54 Å². The Morgan fingerprint density at radius 2 is 1.93 bits per heavy atom. The maximum absolute atomic E-state index is 14.1. The van der Waals surface area contributed by atoms with Crippen molar-refractivity contribution in [2.75, 3.05) is 6.61 Å². The molecule has 1 aromatic heterocycles. The van der Waals surface area contributed by atoms with Crippen LogP contribution in [0.1, 0.15) is 53.1 Å². The minimum absolute atomic E-state index is 0.0201. The zero-order chi connectivity index (χ0) is 21.1. The Bertz CT molecular complexity index is 1030. The number of esters is 1. The topological polar surface area (TPSA) is 65.4 Å². The highest BCUT2D eigenvalue weighted by molar-refractivity contribution is 5.95. The fourth-order valence-electron chi connectivity index (χ4n) is 3.99. The molecule has 0 saturated heterocycles. The van der Waals surface area contributed by atoms with Crippen molar-refractivity contribution >= 4 is 11.8 Å². The Hall–Kier alpha value is -2.83. The van der Waals surface area contributed by atoms with Crippen molar-refractivity contribution in [1.29, 1.82) is 0 Å². The van der Waals surface area contributed by atoms with E-state index in [9.17, 15) is 23.2 Å². The minimum atomic E-state index is -0.952. The van der Waals surface area contributed by atoms with E-state index in [-0.39, 0.29) is 42.5 Å². The maximum Gasteiger partial charge on any atom is 0.325 e. The molecule has 0 saturated carbocycles. The van der Waals surface area contributed by atoms with Gasteiger partial charge in [-0.15, -0.1) is 0 Å². The molecular weight excluding hydrogens is 380 g/mol. The molecule has 1 heterocycles. The molecule has 3 rings (SSSR count). The molecular formula is C22H23F2NO4. The number of hydrogen-bond acceptors (Lipinski definition) is 4. The monoisotopic (exact) mass is 403 g/mol. The predicted octanol–water partition coefficient (Wildman–Crippen LogP) is 3.17. The highest BCUT2D eigenvalue weighted by Gasteiger charge is 2.27. The van der Waals surface area contributed by atoms with Gasteiger partial charge in [0.05, 0.1) is 12.2 Å². The predicted molar refractivity (Wildman–Crippen MR) is 103 cm³/mol. The van der Waals surface area contributed by atoms with Crippen molar-refractivity contribution < 1.29 is 23.1 Å². The Morgan fingerprint density at radius 1 is 1.17 bits per heavy atom. The molecule has 1 aliphatic carbocycles. The lowest BCUT2D eigenvalue weighted by atomic mass is 9.98. The van der Waals surface area contributed by atoms with Crippen LogP contribution in [-0.4, -0.2) is 22.9 Å². The average molecular weight is 403 g/mol. The summed E-state index contributed by atoms with van der Waals surface area (Å²) in [7, 11) is 0. The molecule has 1 aliphatic rings. The Balaban J connectivity index is 2.10. The van der Waals surface area contributed by atoms with Crippen molar-refractivity contribution in [3.63, 3.8) is 0 Å². The SMILES string of the molecule is CCOC(=O)Cn1c2c(c(=O)c(C(C)=O)c1CCc1cccc(F)c1F)CCC2. The van der Waals surface area contributed by atoms with E-state index in [0.717, 1.165) is 18.2 Å². The standard InChI is InChI=1S/C22H23F2NO4/c1-3-29-19(27)12-25-17-9-5-7-15(17)22(28)20(13(2)26)18(25)11-10-14-6-4-8-16(23)21(14)24/h4,6,8H,3,5,7,9-12H2,1-2H3. The summed E-state index contributed by atoms with van der Waals surface area (Å²) < 4.78 is 34.4. The molecule has 29 heavy (non-hydrogen) atoms. The van der Waals surface area contributed by atoms with Crippen LogP contribution in [0.5, 0.6) is 0 Å². The molecule has 0 aliphatic heterocycles. The molecule has 154 valence electrons. The largest absolute Gasteiger partial charge is 0.465 e. The van der Waals surface area contributed by atoms with Gasteiger partial charge in [-0.2, -0.15) is 0 Å². The molecule has 0 atom stereocenters. The van der Waals surface area contributed by atoms with Gasteiger partial charge in [-0.05, 0) is 57.6 Å². The quantitative estimate of drug-likeness (QED) is 0.526. The summed E-state index contributed by atoms with van der Waals surface area (Å²) in [5, 5.41) is 0. The lowest BCUT2D eigenvalue weighted by Crippen LogP contribution is -2.30. The van der Waals surface area contributed by atoms with Crippen molar-refractivity contribution in [2.24, 2.45) is 0 Å². The summed E-state index contributed by atoms with van der Waals surface area (Å²) in [5.74, 6) is -2.78. The summed E-state index contributed by atoms with van der Waals surface area (Å²) in [4.78, 5) is 37.4. The van der Waals surface area contributed by atoms with Crippen LogP contribution in [-0.2, 0) is 41.8 Å². The third-order valence-corrected chi connectivity index (χ3v) is 5.24.